The van der Waals surface area contributed by atoms with Gasteiger partial charge in [0.1, 0.15) is 5.01 Å². The maximum Gasteiger partial charge on any atom is 0.125 e. The lowest BCUT2D eigenvalue weighted by molar-refractivity contribution is 1.39. The second-order valence-electron chi connectivity index (χ2n) is 4.02. The summed E-state index contributed by atoms with van der Waals surface area (Å²) >= 11 is 8.68. The highest BCUT2D eigenvalue weighted by Crippen LogP contribution is 2.33. The second kappa shape index (κ2) is 5.57. The highest BCUT2D eigenvalue weighted by Gasteiger charge is 2.08. The van der Waals surface area contributed by atoms with E-state index in [0.717, 1.165) is 30.8 Å². The molecule has 0 amide bonds. The standard InChI is InChI=1S/C15H9Br2NS/c16-11-7-5-10(6-8-11)14-9-19-15(18-14)12-3-1-2-4-13(12)17/h1-9H. The van der Waals surface area contributed by atoms with Gasteiger partial charge >= 0.3 is 0 Å². The minimum atomic E-state index is 1.02. The first kappa shape index (κ1) is 13.0. The highest BCUT2D eigenvalue weighted by molar-refractivity contribution is 9.10. The molecular formula is C15H9Br2NS. The van der Waals surface area contributed by atoms with Crippen LogP contribution in [0.4, 0.5) is 0 Å². The van der Waals surface area contributed by atoms with Crippen molar-refractivity contribution in [1.82, 2.24) is 4.98 Å². The maximum absolute atomic E-state index is 4.71. The summed E-state index contributed by atoms with van der Waals surface area (Å²) < 4.78 is 2.16. The Morgan fingerprint density at radius 3 is 2.37 bits per heavy atom. The van der Waals surface area contributed by atoms with Crippen LogP contribution < -0.4 is 0 Å². The molecule has 3 rings (SSSR count). The summed E-state index contributed by atoms with van der Waals surface area (Å²) in [5.74, 6) is 0. The molecule has 19 heavy (non-hydrogen) atoms. The predicted octanol–water partition coefficient (Wildman–Crippen LogP) is 6.00. The molecule has 1 heterocycles. The summed E-state index contributed by atoms with van der Waals surface area (Å²) in [6.45, 7) is 0. The fourth-order valence-corrected chi connectivity index (χ4v) is 3.52. The van der Waals surface area contributed by atoms with Crippen LogP contribution >= 0.6 is 43.2 Å². The van der Waals surface area contributed by atoms with Crippen LogP contribution in [0, 0.1) is 0 Å². The lowest BCUT2D eigenvalue weighted by atomic mass is 10.2. The number of halogens is 2. The molecule has 0 aliphatic heterocycles. The molecule has 0 spiro atoms. The summed E-state index contributed by atoms with van der Waals surface area (Å²) in [6, 6.07) is 16.4. The van der Waals surface area contributed by atoms with Gasteiger partial charge in [-0.1, -0.05) is 62.2 Å². The topological polar surface area (TPSA) is 12.9 Å². The molecule has 0 atom stereocenters. The average Bonchev–Trinajstić information content (AvgIpc) is 2.89. The molecule has 1 nitrogen and oxygen atoms in total. The van der Waals surface area contributed by atoms with E-state index < -0.39 is 0 Å². The molecule has 2 aromatic carbocycles. The van der Waals surface area contributed by atoms with Crippen LogP contribution in [0.3, 0.4) is 0 Å². The number of thiazole rings is 1. The number of nitrogens with zero attached hydrogens (tertiary/aromatic N) is 1. The van der Waals surface area contributed by atoms with Gasteiger partial charge in [-0.15, -0.1) is 11.3 Å². The minimum Gasteiger partial charge on any atom is -0.236 e. The van der Waals surface area contributed by atoms with Gasteiger partial charge in [0.15, 0.2) is 0 Å². The lowest BCUT2D eigenvalue weighted by Crippen LogP contribution is -1.80. The molecule has 4 heteroatoms. The van der Waals surface area contributed by atoms with Crippen LogP contribution in [-0.4, -0.2) is 4.98 Å². The van der Waals surface area contributed by atoms with Gasteiger partial charge in [-0.2, -0.15) is 0 Å². The molecule has 0 bridgehead atoms. The fourth-order valence-electron chi connectivity index (χ4n) is 1.79. The SMILES string of the molecule is Brc1ccc(-c2csc(-c3ccccc3Br)n2)cc1. The van der Waals surface area contributed by atoms with E-state index in [4.69, 9.17) is 4.98 Å². The summed E-state index contributed by atoms with van der Waals surface area (Å²) in [7, 11) is 0. The van der Waals surface area contributed by atoms with E-state index in [1.165, 1.54) is 0 Å². The van der Waals surface area contributed by atoms with Gasteiger partial charge in [0.05, 0.1) is 5.69 Å². The van der Waals surface area contributed by atoms with Crippen LogP contribution in [0.5, 0.6) is 0 Å². The Bertz CT molecular complexity index is 704. The van der Waals surface area contributed by atoms with Crippen molar-refractivity contribution in [1.29, 1.82) is 0 Å². The predicted molar refractivity (Wildman–Crippen MR) is 88.4 cm³/mol. The van der Waals surface area contributed by atoms with E-state index in [0.29, 0.717) is 0 Å². The van der Waals surface area contributed by atoms with Crippen LogP contribution in [-0.2, 0) is 0 Å². The Labute approximate surface area is 132 Å². The summed E-state index contributed by atoms with van der Waals surface area (Å²) in [6.07, 6.45) is 0. The number of benzene rings is 2. The smallest absolute Gasteiger partial charge is 0.125 e. The number of rotatable bonds is 2. The molecule has 0 fully saturated rings. The van der Waals surface area contributed by atoms with E-state index in [9.17, 15) is 0 Å². The zero-order valence-corrected chi connectivity index (χ0v) is 13.8. The summed E-state index contributed by atoms with van der Waals surface area (Å²) in [4.78, 5) is 4.71. The Kier molecular flexibility index (Phi) is 3.82. The van der Waals surface area contributed by atoms with Gasteiger partial charge in [-0.25, -0.2) is 4.98 Å². The quantitative estimate of drug-likeness (QED) is 0.519. The summed E-state index contributed by atoms with van der Waals surface area (Å²) in [5.41, 5.74) is 3.29. The van der Waals surface area contributed by atoms with E-state index in [2.05, 4.69) is 55.4 Å². The van der Waals surface area contributed by atoms with Gasteiger partial charge in [0.2, 0.25) is 0 Å². The Morgan fingerprint density at radius 1 is 0.895 bits per heavy atom. The molecule has 0 N–H and O–H groups in total. The van der Waals surface area contributed by atoms with Crippen LogP contribution in [0.2, 0.25) is 0 Å². The number of aromatic nitrogens is 1. The van der Waals surface area contributed by atoms with Gasteiger partial charge in [0, 0.05) is 25.5 Å². The molecule has 0 saturated heterocycles. The second-order valence-corrected chi connectivity index (χ2v) is 6.65. The number of hydrogen-bond donors (Lipinski definition) is 0. The molecule has 0 aliphatic rings. The van der Waals surface area contributed by atoms with Crippen molar-refractivity contribution in [3.8, 4) is 21.8 Å². The van der Waals surface area contributed by atoms with Crippen molar-refractivity contribution < 1.29 is 0 Å². The molecule has 0 unspecified atom stereocenters. The van der Waals surface area contributed by atoms with Crippen molar-refractivity contribution >= 4 is 43.2 Å². The van der Waals surface area contributed by atoms with Crippen molar-refractivity contribution in [2.24, 2.45) is 0 Å². The average molecular weight is 395 g/mol. The first-order valence-electron chi connectivity index (χ1n) is 5.70. The zero-order valence-electron chi connectivity index (χ0n) is 9.81. The molecule has 0 saturated carbocycles. The maximum atomic E-state index is 4.71. The van der Waals surface area contributed by atoms with Crippen LogP contribution in [0.25, 0.3) is 21.8 Å². The Hall–Kier alpha value is -0.970. The lowest BCUT2D eigenvalue weighted by Gasteiger charge is -1.99. The largest absolute Gasteiger partial charge is 0.236 e. The van der Waals surface area contributed by atoms with E-state index in [1.54, 1.807) is 11.3 Å². The molecule has 94 valence electrons. The molecule has 3 aromatic rings. The normalized spacial score (nSPS) is 10.6. The van der Waals surface area contributed by atoms with Crippen molar-refractivity contribution in [3.63, 3.8) is 0 Å². The minimum absolute atomic E-state index is 1.02. The molecule has 0 aliphatic carbocycles. The van der Waals surface area contributed by atoms with E-state index >= 15 is 0 Å². The number of hydrogen-bond acceptors (Lipinski definition) is 2. The van der Waals surface area contributed by atoms with Crippen molar-refractivity contribution in [2.45, 2.75) is 0 Å². The fraction of sp³-hybridized carbons (Fsp3) is 0. The van der Waals surface area contributed by atoms with Crippen molar-refractivity contribution in [2.75, 3.05) is 0 Å². The Balaban J connectivity index is 2.00. The first-order chi connectivity index (χ1) is 9.24. The van der Waals surface area contributed by atoms with Gasteiger partial charge in [-0.05, 0) is 18.2 Å². The van der Waals surface area contributed by atoms with Crippen LogP contribution in [0.15, 0.2) is 62.9 Å². The van der Waals surface area contributed by atoms with Crippen LogP contribution in [0.1, 0.15) is 0 Å². The summed E-state index contributed by atoms with van der Waals surface area (Å²) in [5, 5.41) is 3.13. The zero-order chi connectivity index (χ0) is 13.2. The first-order valence-corrected chi connectivity index (χ1v) is 8.17. The van der Waals surface area contributed by atoms with E-state index in [-0.39, 0.29) is 0 Å². The van der Waals surface area contributed by atoms with Gasteiger partial charge < -0.3 is 0 Å². The van der Waals surface area contributed by atoms with Gasteiger partial charge in [-0.3, -0.25) is 0 Å². The van der Waals surface area contributed by atoms with Crippen molar-refractivity contribution in [3.05, 3.63) is 62.9 Å². The third kappa shape index (κ3) is 2.81. The molecular weight excluding hydrogens is 386 g/mol. The highest BCUT2D eigenvalue weighted by atomic mass is 79.9. The monoisotopic (exact) mass is 393 g/mol. The van der Waals surface area contributed by atoms with E-state index in [1.807, 2.05) is 30.3 Å². The van der Waals surface area contributed by atoms with Gasteiger partial charge in [0.25, 0.3) is 0 Å². The third-order valence-corrected chi connectivity index (χ3v) is 4.84. The molecule has 1 aromatic heterocycles. The molecule has 0 radical (unpaired) electrons. The Morgan fingerprint density at radius 2 is 1.63 bits per heavy atom. The third-order valence-electron chi connectivity index (χ3n) is 2.75.